The standard InChI is InChI=1S/C12H20BNO3S/c1-8(2)15-10-14-7-9(18-10)13-16-11(3,4)12(5,6)17-13/h7-8H,1-6H3. The number of hydrogen-bond acceptors (Lipinski definition) is 5. The van der Waals surface area contributed by atoms with Crippen molar-refractivity contribution >= 4 is 23.2 Å². The quantitative estimate of drug-likeness (QED) is 0.789. The van der Waals surface area contributed by atoms with E-state index in [2.05, 4.69) is 4.98 Å². The van der Waals surface area contributed by atoms with E-state index in [1.807, 2.05) is 41.5 Å². The topological polar surface area (TPSA) is 40.6 Å². The van der Waals surface area contributed by atoms with Gasteiger partial charge in [0.15, 0.2) is 0 Å². The Morgan fingerprint density at radius 1 is 1.22 bits per heavy atom. The van der Waals surface area contributed by atoms with Crippen molar-refractivity contribution in [3.05, 3.63) is 6.20 Å². The lowest BCUT2D eigenvalue weighted by atomic mass is 9.89. The fourth-order valence-corrected chi connectivity index (χ4v) is 2.44. The molecule has 100 valence electrons. The summed E-state index contributed by atoms with van der Waals surface area (Å²) in [5.41, 5.74) is -0.637. The van der Waals surface area contributed by atoms with Gasteiger partial charge in [-0.2, -0.15) is 0 Å². The molecule has 1 fully saturated rings. The van der Waals surface area contributed by atoms with E-state index in [0.29, 0.717) is 5.19 Å². The van der Waals surface area contributed by atoms with Gasteiger partial charge in [0.25, 0.3) is 5.19 Å². The SMILES string of the molecule is CC(C)Oc1ncc(B2OC(C)(C)C(C)(C)O2)s1. The van der Waals surface area contributed by atoms with Gasteiger partial charge in [-0.05, 0) is 41.5 Å². The lowest BCUT2D eigenvalue weighted by molar-refractivity contribution is 0.00578. The number of thiazole rings is 1. The molecule has 1 saturated heterocycles. The van der Waals surface area contributed by atoms with Crippen LogP contribution in [0.15, 0.2) is 6.20 Å². The monoisotopic (exact) mass is 269 g/mol. The van der Waals surface area contributed by atoms with Gasteiger partial charge in [-0.25, -0.2) is 4.98 Å². The van der Waals surface area contributed by atoms with Crippen molar-refractivity contribution in [3.63, 3.8) is 0 Å². The predicted octanol–water partition coefficient (Wildman–Crippen LogP) is 2.23. The summed E-state index contributed by atoms with van der Waals surface area (Å²) in [6.45, 7) is 12.1. The minimum Gasteiger partial charge on any atom is -0.467 e. The first-order valence-electron chi connectivity index (χ1n) is 6.19. The number of hydrogen-bond donors (Lipinski definition) is 0. The maximum Gasteiger partial charge on any atom is 0.507 e. The molecular formula is C12H20BNO3S. The van der Waals surface area contributed by atoms with Gasteiger partial charge in [0.05, 0.1) is 22.1 Å². The molecule has 2 rings (SSSR count). The third kappa shape index (κ3) is 2.55. The second-order valence-electron chi connectivity index (χ2n) is 5.78. The van der Waals surface area contributed by atoms with Crippen LogP contribution in [0.25, 0.3) is 0 Å². The second kappa shape index (κ2) is 4.51. The normalized spacial score (nSPS) is 21.6. The van der Waals surface area contributed by atoms with E-state index in [-0.39, 0.29) is 24.4 Å². The zero-order chi connectivity index (χ0) is 13.6. The molecule has 0 amide bonds. The average Bonchev–Trinajstić information content (AvgIpc) is 2.70. The highest BCUT2D eigenvalue weighted by Crippen LogP contribution is 2.37. The maximum absolute atomic E-state index is 5.96. The molecule has 1 aliphatic rings. The van der Waals surface area contributed by atoms with Crippen LogP contribution >= 0.6 is 11.3 Å². The summed E-state index contributed by atoms with van der Waals surface area (Å²) in [7, 11) is -0.350. The summed E-state index contributed by atoms with van der Waals surface area (Å²) in [4.78, 5) is 4.23. The third-order valence-corrected chi connectivity index (χ3v) is 4.23. The molecule has 0 atom stereocenters. The molecule has 2 heterocycles. The summed E-state index contributed by atoms with van der Waals surface area (Å²) in [6.07, 6.45) is 1.90. The lowest BCUT2D eigenvalue weighted by Crippen LogP contribution is -2.41. The van der Waals surface area contributed by atoms with E-state index < -0.39 is 0 Å². The summed E-state index contributed by atoms with van der Waals surface area (Å²) in [6, 6.07) is 0. The van der Waals surface area contributed by atoms with Crippen molar-refractivity contribution < 1.29 is 14.0 Å². The summed E-state index contributed by atoms with van der Waals surface area (Å²) in [5, 5.41) is 0.662. The van der Waals surface area contributed by atoms with Crippen LogP contribution in [-0.4, -0.2) is 29.4 Å². The summed E-state index contributed by atoms with van der Waals surface area (Å²) < 4.78 is 18.4. The molecule has 0 aromatic carbocycles. The van der Waals surface area contributed by atoms with Crippen LogP contribution in [0.2, 0.25) is 0 Å². The molecule has 0 unspecified atom stereocenters. The highest BCUT2D eigenvalue weighted by molar-refractivity contribution is 7.23. The molecule has 0 N–H and O–H groups in total. The minimum atomic E-state index is -0.350. The molecule has 1 aliphatic heterocycles. The lowest BCUT2D eigenvalue weighted by Gasteiger charge is -2.32. The highest BCUT2D eigenvalue weighted by Gasteiger charge is 2.52. The molecule has 6 heteroatoms. The van der Waals surface area contributed by atoms with Crippen molar-refractivity contribution in [2.45, 2.75) is 58.8 Å². The first kappa shape index (κ1) is 13.8. The van der Waals surface area contributed by atoms with Gasteiger partial charge in [-0.3, -0.25) is 0 Å². The predicted molar refractivity (Wildman–Crippen MR) is 73.6 cm³/mol. The van der Waals surface area contributed by atoms with Crippen LogP contribution in [0.4, 0.5) is 0 Å². The van der Waals surface area contributed by atoms with E-state index >= 15 is 0 Å². The van der Waals surface area contributed by atoms with Crippen molar-refractivity contribution in [1.29, 1.82) is 0 Å². The van der Waals surface area contributed by atoms with Gasteiger partial charge in [0.1, 0.15) is 0 Å². The number of ether oxygens (including phenoxy) is 1. The fourth-order valence-electron chi connectivity index (χ4n) is 1.59. The third-order valence-electron chi connectivity index (χ3n) is 3.32. The first-order chi connectivity index (χ1) is 8.21. The van der Waals surface area contributed by atoms with Gasteiger partial charge in [-0.15, -0.1) is 0 Å². The van der Waals surface area contributed by atoms with Crippen molar-refractivity contribution in [3.8, 4) is 5.19 Å². The molecule has 0 radical (unpaired) electrons. The van der Waals surface area contributed by atoms with E-state index in [0.717, 1.165) is 4.78 Å². The Balaban J connectivity index is 2.12. The molecule has 0 aliphatic carbocycles. The minimum absolute atomic E-state index is 0.127. The summed E-state index contributed by atoms with van der Waals surface area (Å²) in [5.74, 6) is 0. The number of aromatic nitrogens is 1. The van der Waals surface area contributed by atoms with E-state index in [4.69, 9.17) is 14.0 Å². The van der Waals surface area contributed by atoms with Crippen molar-refractivity contribution in [2.24, 2.45) is 0 Å². The van der Waals surface area contributed by atoms with Crippen LogP contribution < -0.4 is 9.51 Å². The van der Waals surface area contributed by atoms with Gasteiger partial charge >= 0.3 is 7.12 Å². The molecule has 0 saturated carbocycles. The molecule has 1 aromatic rings. The average molecular weight is 269 g/mol. The van der Waals surface area contributed by atoms with E-state index in [9.17, 15) is 0 Å². The fraction of sp³-hybridized carbons (Fsp3) is 0.750. The van der Waals surface area contributed by atoms with Crippen LogP contribution in [0.3, 0.4) is 0 Å². The van der Waals surface area contributed by atoms with Gasteiger partial charge in [0.2, 0.25) is 0 Å². The van der Waals surface area contributed by atoms with Gasteiger partial charge in [0, 0.05) is 6.20 Å². The molecule has 4 nitrogen and oxygen atoms in total. The second-order valence-corrected chi connectivity index (χ2v) is 6.81. The molecule has 0 spiro atoms. The van der Waals surface area contributed by atoms with Crippen molar-refractivity contribution in [1.82, 2.24) is 4.98 Å². The Morgan fingerprint density at radius 3 is 2.28 bits per heavy atom. The van der Waals surface area contributed by atoms with Gasteiger partial charge < -0.3 is 14.0 Å². The maximum atomic E-state index is 5.96. The molecular weight excluding hydrogens is 249 g/mol. The Morgan fingerprint density at radius 2 is 1.78 bits per heavy atom. The molecule has 0 bridgehead atoms. The largest absolute Gasteiger partial charge is 0.507 e. The molecule has 1 aromatic heterocycles. The van der Waals surface area contributed by atoms with E-state index in [1.54, 1.807) is 6.20 Å². The number of nitrogens with zero attached hydrogens (tertiary/aromatic N) is 1. The Kier molecular flexibility index (Phi) is 3.47. The smallest absolute Gasteiger partial charge is 0.467 e. The zero-order valence-electron chi connectivity index (χ0n) is 11.8. The van der Waals surface area contributed by atoms with E-state index in [1.165, 1.54) is 11.3 Å². The van der Waals surface area contributed by atoms with Crippen LogP contribution in [0.1, 0.15) is 41.5 Å². The van der Waals surface area contributed by atoms with Crippen molar-refractivity contribution in [2.75, 3.05) is 0 Å². The van der Waals surface area contributed by atoms with Crippen LogP contribution in [0.5, 0.6) is 5.19 Å². The molecule has 18 heavy (non-hydrogen) atoms. The van der Waals surface area contributed by atoms with Crippen LogP contribution in [-0.2, 0) is 9.31 Å². The first-order valence-corrected chi connectivity index (χ1v) is 7.01. The zero-order valence-corrected chi connectivity index (χ0v) is 12.6. The number of rotatable bonds is 3. The van der Waals surface area contributed by atoms with Gasteiger partial charge in [-0.1, -0.05) is 11.3 Å². The Bertz CT molecular complexity index is 415. The Labute approximate surface area is 113 Å². The summed E-state index contributed by atoms with van der Waals surface area (Å²) >= 11 is 1.48. The van der Waals surface area contributed by atoms with Crippen LogP contribution in [0, 0.1) is 0 Å². The highest BCUT2D eigenvalue weighted by atomic mass is 32.1. The Hall–Kier alpha value is -0.585.